The third-order valence-corrected chi connectivity index (χ3v) is 11.6. The lowest BCUT2D eigenvalue weighted by atomic mass is 9.55. The van der Waals surface area contributed by atoms with E-state index in [2.05, 4.69) is 23.7 Å². The van der Waals surface area contributed by atoms with E-state index >= 15 is 0 Å². The number of fused-ring (bicyclic) bond motifs is 2. The summed E-state index contributed by atoms with van der Waals surface area (Å²) in [7, 11) is 1.72. The van der Waals surface area contributed by atoms with Gasteiger partial charge in [-0.3, -0.25) is 4.98 Å². The van der Waals surface area contributed by atoms with Gasteiger partial charge >= 0.3 is 6.09 Å². The molecule has 2 N–H and O–H groups in total. The first-order valence-electron chi connectivity index (χ1n) is 21.1. The molecule has 1 amide bonds. The third kappa shape index (κ3) is 10.5. The largest absolute Gasteiger partial charge is 0.487 e. The first-order valence-corrected chi connectivity index (χ1v) is 21.1. The molecule has 12 heteroatoms. The zero-order valence-electron chi connectivity index (χ0n) is 34.8. The van der Waals surface area contributed by atoms with Crippen LogP contribution in [0.5, 0.6) is 11.5 Å². The molecule has 1 saturated carbocycles. The molecule has 12 nitrogen and oxygen atoms in total. The van der Waals surface area contributed by atoms with Crippen molar-refractivity contribution >= 4 is 11.8 Å². The quantitative estimate of drug-likeness (QED) is 0.0585. The van der Waals surface area contributed by atoms with Crippen molar-refractivity contribution in [2.24, 2.45) is 22.9 Å². The van der Waals surface area contributed by atoms with Gasteiger partial charge in [0.05, 0.1) is 37.1 Å². The fraction of sp³-hybridized carbons (Fsp3) is 0.511. The Bertz CT molecular complexity index is 1890. The van der Waals surface area contributed by atoms with Crippen molar-refractivity contribution in [3.05, 3.63) is 114 Å². The Morgan fingerprint density at radius 2 is 1.81 bits per heavy atom. The summed E-state index contributed by atoms with van der Waals surface area (Å²) in [6, 6.07) is 21.0. The number of aliphatic hydroxyl groups excluding tert-OH is 2. The molecule has 2 aliphatic carbocycles. The van der Waals surface area contributed by atoms with Gasteiger partial charge in [-0.15, -0.1) is 6.58 Å². The molecular weight excluding hydrogens is 751 g/mol. The molecule has 1 fully saturated rings. The monoisotopic (exact) mass is 811 g/mol. The number of carbonyl (C=O) groups excluding carboxylic acids is 1. The van der Waals surface area contributed by atoms with Crippen LogP contribution in [0.3, 0.4) is 0 Å². The van der Waals surface area contributed by atoms with Crippen molar-refractivity contribution in [2.75, 3.05) is 46.7 Å². The first kappa shape index (κ1) is 43.8. The van der Waals surface area contributed by atoms with E-state index in [1.807, 2.05) is 74.5 Å². The number of amides is 1. The molecule has 0 bridgehead atoms. The predicted octanol–water partition coefficient (Wildman–Crippen LogP) is 7.91. The highest BCUT2D eigenvalue weighted by molar-refractivity contribution is 6.02. The van der Waals surface area contributed by atoms with E-state index in [0.717, 1.165) is 59.5 Å². The lowest BCUT2D eigenvalue weighted by Crippen LogP contribution is -2.69. The van der Waals surface area contributed by atoms with Gasteiger partial charge in [-0.25, -0.2) is 4.79 Å². The van der Waals surface area contributed by atoms with Crippen LogP contribution in [0, 0.1) is 24.7 Å². The van der Waals surface area contributed by atoms with E-state index in [-0.39, 0.29) is 57.2 Å². The number of hydrogen-bond donors (Lipinski definition) is 2. The average molecular weight is 812 g/mol. The summed E-state index contributed by atoms with van der Waals surface area (Å²) in [5.41, 5.74) is 5.45. The number of likely N-dealkylation sites (N-methyl/N-ethyl adjacent to an activating group) is 1. The molecule has 1 aliphatic heterocycles. The number of hydrogen-bond acceptors (Lipinski definition) is 11. The Morgan fingerprint density at radius 3 is 2.56 bits per heavy atom. The molecule has 3 aromatic rings. The van der Waals surface area contributed by atoms with Crippen molar-refractivity contribution in [3.63, 3.8) is 0 Å². The van der Waals surface area contributed by atoms with Gasteiger partial charge in [0.25, 0.3) is 0 Å². The molecule has 318 valence electrons. The van der Waals surface area contributed by atoms with Crippen molar-refractivity contribution in [2.45, 2.75) is 89.8 Å². The molecular formula is C47H61N3O9. The summed E-state index contributed by atoms with van der Waals surface area (Å²) >= 11 is 0. The number of aryl methyl sites for hydroxylation is 1. The molecule has 2 aromatic carbocycles. The van der Waals surface area contributed by atoms with Gasteiger partial charge in [0.1, 0.15) is 37.4 Å². The maximum Gasteiger partial charge on any atom is 0.410 e. The molecule has 1 aromatic heterocycles. The summed E-state index contributed by atoms with van der Waals surface area (Å²) in [6.45, 7) is 9.61. The number of pyridine rings is 1. The summed E-state index contributed by atoms with van der Waals surface area (Å²) < 4.78 is 32.2. The van der Waals surface area contributed by atoms with Crippen molar-refractivity contribution in [3.8, 4) is 11.5 Å². The Labute approximate surface area is 348 Å². The van der Waals surface area contributed by atoms with Crippen molar-refractivity contribution in [1.29, 1.82) is 0 Å². The molecule has 0 radical (unpaired) electrons. The van der Waals surface area contributed by atoms with Gasteiger partial charge in [-0.2, -0.15) is 0 Å². The van der Waals surface area contributed by atoms with Crippen LogP contribution in [0.25, 0.3) is 0 Å². The number of rotatable bonds is 22. The second kappa shape index (κ2) is 21.5. The number of nitrogens with zero attached hydrogens (tertiary/aromatic N) is 3. The van der Waals surface area contributed by atoms with Gasteiger partial charge in [0, 0.05) is 43.9 Å². The lowest BCUT2D eigenvalue weighted by Gasteiger charge is -2.59. The fourth-order valence-corrected chi connectivity index (χ4v) is 8.98. The van der Waals surface area contributed by atoms with Crippen molar-refractivity contribution < 1.29 is 43.5 Å². The minimum atomic E-state index is -1.38. The molecule has 0 saturated heterocycles. The number of oxime groups is 1. The van der Waals surface area contributed by atoms with E-state index in [4.69, 9.17) is 33.7 Å². The van der Waals surface area contributed by atoms with E-state index in [1.165, 1.54) is 0 Å². The van der Waals surface area contributed by atoms with Gasteiger partial charge in [0.15, 0.2) is 0 Å². The van der Waals surface area contributed by atoms with Gasteiger partial charge in [-0.1, -0.05) is 66.5 Å². The Hall–Kier alpha value is -4.75. The maximum absolute atomic E-state index is 14.0. The van der Waals surface area contributed by atoms with E-state index in [9.17, 15) is 15.0 Å². The van der Waals surface area contributed by atoms with Gasteiger partial charge in [-0.05, 0) is 92.8 Å². The molecule has 2 heterocycles. The van der Waals surface area contributed by atoms with Crippen LogP contribution in [0.15, 0.2) is 96.2 Å². The second-order valence-electron chi connectivity index (χ2n) is 15.5. The lowest BCUT2D eigenvalue weighted by molar-refractivity contribution is -0.253. The average Bonchev–Trinajstić information content (AvgIpc) is 3.25. The highest BCUT2D eigenvalue weighted by atomic mass is 16.7. The molecule has 0 spiro atoms. The van der Waals surface area contributed by atoms with Crippen LogP contribution < -0.4 is 9.47 Å². The predicted molar refractivity (Wildman–Crippen MR) is 225 cm³/mol. The molecule has 6 atom stereocenters. The number of unbranched alkanes of at least 4 members (excludes halogenated alkanes) is 2. The molecule has 3 aliphatic rings. The van der Waals surface area contributed by atoms with Crippen LogP contribution >= 0.6 is 0 Å². The van der Waals surface area contributed by atoms with Crippen LogP contribution in [0.4, 0.5) is 4.79 Å². The highest BCUT2D eigenvalue weighted by Gasteiger charge is 2.65. The Balaban J connectivity index is 1.41. The standard InChI is InChI=1S/C47H61N3O9/c1-5-25-57-47-43(50(4)46(53)55-27-26-54-31-34-16-8-7-9-17-34)30-41(49-58-6-2)39-28-35(18-10-12-23-51)38(20-11-13-24-52)44(45(39)47)40-29-37(21-22-42(40)59-47)56-32-36-19-14-15-33(3)48-36/h5,7-9,14-17,19,21-22,28-29,35,38,43-45,51-52H,1,6,10-13,18,20,23-27,30-32H2,2-4H3. The summed E-state index contributed by atoms with van der Waals surface area (Å²) in [4.78, 5) is 26.0. The van der Waals surface area contributed by atoms with Crippen LogP contribution in [-0.4, -0.2) is 90.4 Å². The maximum atomic E-state index is 14.0. The molecule has 59 heavy (non-hydrogen) atoms. The second-order valence-corrected chi connectivity index (χ2v) is 15.5. The summed E-state index contributed by atoms with van der Waals surface area (Å²) in [5, 5.41) is 24.4. The zero-order chi connectivity index (χ0) is 41.6. The van der Waals surface area contributed by atoms with Gasteiger partial charge in [0.2, 0.25) is 5.79 Å². The number of ether oxygens (including phenoxy) is 5. The summed E-state index contributed by atoms with van der Waals surface area (Å²) in [6.07, 6.45) is 8.47. The summed E-state index contributed by atoms with van der Waals surface area (Å²) in [5.74, 6) is -0.454. The minimum absolute atomic E-state index is 0.0628. The van der Waals surface area contributed by atoms with Crippen LogP contribution in [0.1, 0.15) is 80.3 Å². The Morgan fingerprint density at radius 1 is 1.02 bits per heavy atom. The number of carbonyl (C=O) groups is 1. The SMILES string of the molecule is C=CCOC12Oc3ccc(OCc4cccc(C)n4)cc3C3C(CCCCO)C(CCCCO)C=C(C(=NOCC)CC1N(C)C(=O)OCCOCc1ccccc1)C32. The normalized spacial score (nSPS) is 23.6. The van der Waals surface area contributed by atoms with Crippen LogP contribution in [0.2, 0.25) is 0 Å². The van der Waals surface area contributed by atoms with E-state index < -0.39 is 23.8 Å². The molecule has 6 rings (SSSR count). The smallest absolute Gasteiger partial charge is 0.410 e. The third-order valence-electron chi connectivity index (χ3n) is 11.6. The number of benzene rings is 2. The topological polar surface area (TPSA) is 141 Å². The number of aliphatic hydroxyl groups is 2. The van der Waals surface area contributed by atoms with Gasteiger partial charge < -0.3 is 43.6 Å². The number of aromatic nitrogens is 1. The Kier molecular flexibility index (Phi) is 16.0. The highest BCUT2D eigenvalue weighted by Crippen LogP contribution is 2.61. The first-order chi connectivity index (χ1) is 28.8. The number of allylic oxidation sites excluding steroid dienone is 1. The van der Waals surface area contributed by atoms with E-state index in [0.29, 0.717) is 44.2 Å². The van der Waals surface area contributed by atoms with Crippen molar-refractivity contribution in [1.82, 2.24) is 9.88 Å². The minimum Gasteiger partial charge on any atom is -0.487 e. The van der Waals surface area contributed by atoms with Crippen LogP contribution in [-0.2, 0) is 32.3 Å². The van der Waals surface area contributed by atoms with E-state index in [1.54, 1.807) is 18.0 Å². The molecule has 6 unspecified atom stereocenters. The zero-order valence-corrected chi connectivity index (χ0v) is 34.8. The fourth-order valence-electron chi connectivity index (χ4n) is 8.98.